The van der Waals surface area contributed by atoms with Crippen LogP contribution in [0.15, 0.2) is 47.5 Å². The van der Waals surface area contributed by atoms with Crippen LogP contribution >= 0.6 is 0 Å². The quantitative estimate of drug-likeness (QED) is 0.927. The minimum absolute atomic E-state index is 0.142. The number of hydrogen-bond donors (Lipinski definition) is 1. The zero-order valence-electron chi connectivity index (χ0n) is 12.3. The molecule has 0 spiro atoms. The Morgan fingerprint density at radius 2 is 1.74 bits per heavy atom. The summed E-state index contributed by atoms with van der Waals surface area (Å²) in [6, 6.07) is 9.26. The first-order valence-electron chi connectivity index (χ1n) is 7.28. The summed E-state index contributed by atoms with van der Waals surface area (Å²) in [6.45, 7) is 1.12. The zero-order chi connectivity index (χ0) is 16.4. The maximum atomic E-state index is 12.5. The van der Waals surface area contributed by atoms with Crippen LogP contribution in [0.2, 0.25) is 0 Å². The van der Waals surface area contributed by atoms with Gasteiger partial charge in [-0.1, -0.05) is 12.1 Å². The number of sulfonamides is 1. The molecule has 0 radical (unpaired) electrons. The summed E-state index contributed by atoms with van der Waals surface area (Å²) >= 11 is 0. The standard InChI is InChI=1S/C16H16N2O4S/c19-16(20)13-7-8-17-15(11-13)12-3-5-14(6-4-12)23(21,22)18-9-1-2-10-18/h3-8,11H,1-2,9-10H2,(H,19,20). The van der Waals surface area contributed by atoms with E-state index in [-0.39, 0.29) is 10.5 Å². The Labute approximate surface area is 134 Å². The van der Waals surface area contributed by atoms with Gasteiger partial charge in [0.2, 0.25) is 10.0 Å². The average molecular weight is 332 g/mol. The molecule has 1 saturated heterocycles. The van der Waals surface area contributed by atoms with Crippen LogP contribution in [0, 0.1) is 0 Å². The highest BCUT2D eigenvalue weighted by atomic mass is 32.2. The Morgan fingerprint density at radius 1 is 1.09 bits per heavy atom. The van der Waals surface area contributed by atoms with Crippen molar-refractivity contribution in [2.75, 3.05) is 13.1 Å². The van der Waals surface area contributed by atoms with E-state index in [4.69, 9.17) is 5.11 Å². The van der Waals surface area contributed by atoms with Crippen molar-refractivity contribution in [3.8, 4) is 11.3 Å². The lowest BCUT2D eigenvalue weighted by Crippen LogP contribution is -2.27. The molecule has 1 aromatic heterocycles. The lowest BCUT2D eigenvalue weighted by molar-refractivity contribution is 0.0697. The first kappa shape index (κ1) is 15.6. The monoisotopic (exact) mass is 332 g/mol. The number of carboxylic acid groups (broad SMARTS) is 1. The molecular formula is C16H16N2O4S. The van der Waals surface area contributed by atoms with Crippen LogP contribution in [-0.2, 0) is 10.0 Å². The highest BCUT2D eigenvalue weighted by molar-refractivity contribution is 7.89. The predicted molar refractivity (Wildman–Crippen MR) is 84.6 cm³/mol. The van der Waals surface area contributed by atoms with Crippen molar-refractivity contribution in [1.82, 2.24) is 9.29 Å². The molecule has 0 atom stereocenters. The number of hydrogen-bond acceptors (Lipinski definition) is 4. The molecule has 1 aliphatic rings. The van der Waals surface area contributed by atoms with Crippen molar-refractivity contribution in [2.24, 2.45) is 0 Å². The molecule has 120 valence electrons. The Kier molecular flexibility index (Phi) is 4.14. The van der Waals surface area contributed by atoms with Crippen LogP contribution in [0.3, 0.4) is 0 Å². The molecule has 0 aliphatic carbocycles. The Hall–Kier alpha value is -2.25. The van der Waals surface area contributed by atoms with Gasteiger partial charge in [0.15, 0.2) is 0 Å². The molecule has 2 aromatic rings. The minimum atomic E-state index is -3.44. The van der Waals surface area contributed by atoms with E-state index in [1.165, 1.54) is 34.8 Å². The molecule has 6 nitrogen and oxygen atoms in total. The van der Waals surface area contributed by atoms with Crippen LogP contribution in [0.5, 0.6) is 0 Å². The number of pyridine rings is 1. The number of aromatic nitrogens is 1. The summed E-state index contributed by atoms with van der Waals surface area (Å²) in [4.78, 5) is 15.4. The summed E-state index contributed by atoms with van der Waals surface area (Å²) in [6.07, 6.45) is 3.21. The second kappa shape index (κ2) is 6.10. The maximum absolute atomic E-state index is 12.5. The highest BCUT2D eigenvalue weighted by Gasteiger charge is 2.26. The molecule has 1 aliphatic heterocycles. The average Bonchev–Trinajstić information content (AvgIpc) is 3.10. The van der Waals surface area contributed by atoms with E-state index in [0.29, 0.717) is 24.3 Å². The fourth-order valence-electron chi connectivity index (χ4n) is 2.60. The Bertz CT molecular complexity index is 825. The molecule has 7 heteroatoms. The summed E-state index contributed by atoms with van der Waals surface area (Å²) in [5.74, 6) is -1.03. The van der Waals surface area contributed by atoms with Crippen molar-refractivity contribution in [3.05, 3.63) is 48.2 Å². The molecule has 2 heterocycles. The summed E-state index contributed by atoms with van der Waals surface area (Å²) in [5, 5.41) is 9.02. The number of carbonyl (C=O) groups is 1. The smallest absolute Gasteiger partial charge is 0.335 e. The zero-order valence-corrected chi connectivity index (χ0v) is 13.2. The van der Waals surface area contributed by atoms with E-state index in [2.05, 4.69) is 4.98 Å². The van der Waals surface area contributed by atoms with Gasteiger partial charge in [-0.3, -0.25) is 4.98 Å². The molecular weight excluding hydrogens is 316 g/mol. The molecule has 3 rings (SSSR count). The van der Waals surface area contributed by atoms with E-state index in [1.807, 2.05) is 0 Å². The van der Waals surface area contributed by atoms with Crippen molar-refractivity contribution in [1.29, 1.82) is 0 Å². The van der Waals surface area contributed by atoms with Gasteiger partial charge in [0, 0.05) is 24.8 Å². The summed E-state index contributed by atoms with van der Waals surface area (Å²) in [7, 11) is -3.44. The predicted octanol–water partition coefficient (Wildman–Crippen LogP) is 2.23. The van der Waals surface area contributed by atoms with Crippen molar-refractivity contribution in [3.63, 3.8) is 0 Å². The molecule has 0 unspecified atom stereocenters. The van der Waals surface area contributed by atoms with Crippen molar-refractivity contribution >= 4 is 16.0 Å². The molecule has 0 saturated carbocycles. The van der Waals surface area contributed by atoms with Crippen LogP contribution in [0.1, 0.15) is 23.2 Å². The van der Waals surface area contributed by atoms with Crippen LogP contribution in [0.4, 0.5) is 0 Å². The highest BCUT2D eigenvalue weighted by Crippen LogP contribution is 2.24. The molecule has 23 heavy (non-hydrogen) atoms. The van der Waals surface area contributed by atoms with Crippen LogP contribution in [0.25, 0.3) is 11.3 Å². The molecule has 0 amide bonds. The van der Waals surface area contributed by atoms with Gasteiger partial charge >= 0.3 is 5.97 Å². The van der Waals surface area contributed by atoms with Gasteiger partial charge in [0.1, 0.15) is 0 Å². The number of nitrogens with zero attached hydrogens (tertiary/aromatic N) is 2. The van der Waals surface area contributed by atoms with Gasteiger partial charge in [0.05, 0.1) is 16.2 Å². The largest absolute Gasteiger partial charge is 0.478 e. The fraction of sp³-hybridized carbons (Fsp3) is 0.250. The normalized spacial score (nSPS) is 15.7. The van der Waals surface area contributed by atoms with E-state index < -0.39 is 16.0 Å². The molecule has 1 aromatic carbocycles. The van der Waals surface area contributed by atoms with Gasteiger partial charge in [-0.25, -0.2) is 13.2 Å². The van der Waals surface area contributed by atoms with Crippen molar-refractivity contribution in [2.45, 2.75) is 17.7 Å². The number of rotatable bonds is 4. The third kappa shape index (κ3) is 3.11. The van der Waals surface area contributed by atoms with E-state index in [9.17, 15) is 13.2 Å². The van der Waals surface area contributed by atoms with Crippen LogP contribution in [-0.4, -0.2) is 41.9 Å². The second-order valence-electron chi connectivity index (χ2n) is 5.37. The van der Waals surface area contributed by atoms with E-state index >= 15 is 0 Å². The summed E-state index contributed by atoms with van der Waals surface area (Å²) < 4.78 is 26.4. The van der Waals surface area contributed by atoms with Gasteiger partial charge in [-0.05, 0) is 37.1 Å². The SMILES string of the molecule is O=C(O)c1ccnc(-c2ccc(S(=O)(=O)N3CCCC3)cc2)c1. The van der Waals surface area contributed by atoms with E-state index in [1.54, 1.807) is 12.1 Å². The first-order valence-corrected chi connectivity index (χ1v) is 8.72. The van der Waals surface area contributed by atoms with E-state index in [0.717, 1.165) is 12.8 Å². The Morgan fingerprint density at radius 3 is 2.35 bits per heavy atom. The number of benzene rings is 1. The third-order valence-electron chi connectivity index (χ3n) is 3.86. The molecule has 1 N–H and O–H groups in total. The van der Waals surface area contributed by atoms with Gasteiger partial charge in [-0.2, -0.15) is 4.31 Å². The fourth-order valence-corrected chi connectivity index (χ4v) is 4.11. The number of carboxylic acids is 1. The lowest BCUT2D eigenvalue weighted by Gasteiger charge is -2.15. The lowest BCUT2D eigenvalue weighted by atomic mass is 10.1. The topological polar surface area (TPSA) is 87.6 Å². The summed E-state index contributed by atoms with van der Waals surface area (Å²) in [5.41, 5.74) is 1.31. The Balaban J connectivity index is 1.90. The van der Waals surface area contributed by atoms with Crippen LogP contribution < -0.4 is 0 Å². The second-order valence-corrected chi connectivity index (χ2v) is 7.31. The molecule has 1 fully saturated rings. The minimum Gasteiger partial charge on any atom is -0.478 e. The maximum Gasteiger partial charge on any atom is 0.335 e. The third-order valence-corrected chi connectivity index (χ3v) is 5.77. The number of aromatic carboxylic acids is 1. The van der Waals surface area contributed by atoms with Gasteiger partial charge < -0.3 is 5.11 Å². The first-order chi connectivity index (χ1) is 11.0. The van der Waals surface area contributed by atoms with Crippen molar-refractivity contribution < 1.29 is 18.3 Å². The van der Waals surface area contributed by atoms with Gasteiger partial charge in [-0.15, -0.1) is 0 Å². The van der Waals surface area contributed by atoms with Gasteiger partial charge in [0.25, 0.3) is 0 Å². The molecule has 0 bridgehead atoms.